The monoisotopic (exact) mass is 756 g/mol. The third kappa shape index (κ3) is 16.9. The van der Waals surface area contributed by atoms with Gasteiger partial charge in [-0.15, -0.1) is 0 Å². The van der Waals surface area contributed by atoms with Crippen molar-refractivity contribution in [2.45, 2.75) is 107 Å². The molecule has 4 aromatic carbocycles. The lowest BCUT2D eigenvalue weighted by Gasteiger charge is -2.20. The van der Waals surface area contributed by atoms with Crippen LogP contribution in [0, 0.1) is 0 Å². The van der Waals surface area contributed by atoms with Gasteiger partial charge in [0.1, 0.15) is 0 Å². The van der Waals surface area contributed by atoms with Crippen LogP contribution in [-0.4, -0.2) is 65.9 Å². The molecule has 0 spiro atoms. The van der Waals surface area contributed by atoms with Gasteiger partial charge in [0.05, 0.1) is 5.69 Å². The lowest BCUT2D eigenvalue weighted by Crippen LogP contribution is -2.23. The summed E-state index contributed by atoms with van der Waals surface area (Å²) in [6.07, 6.45) is 0. The van der Waals surface area contributed by atoms with Crippen LogP contribution in [0.25, 0.3) is 0 Å². The summed E-state index contributed by atoms with van der Waals surface area (Å²) in [5.41, 5.74) is 10.0. The van der Waals surface area contributed by atoms with E-state index in [2.05, 4.69) is 123 Å². The maximum absolute atomic E-state index is 12.5. The topological polar surface area (TPSA) is 100 Å². The van der Waals surface area contributed by atoms with Gasteiger partial charge in [-0.2, -0.15) is 0 Å². The number of anilines is 1. The van der Waals surface area contributed by atoms with Crippen LogP contribution >= 0.6 is 0 Å². The number of amides is 1. The van der Waals surface area contributed by atoms with E-state index >= 15 is 0 Å². The maximum atomic E-state index is 12.5. The van der Waals surface area contributed by atoms with Crippen LogP contribution in [0.3, 0.4) is 0 Å². The molecule has 0 aromatic heterocycles. The molecule has 0 unspecified atom stereocenters. The molecule has 0 radical (unpaired) electrons. The molecule has 0 heterocycles. The second-order valence-electron chi connectivity index (χ2n) is 14.2. The number of amidine groups is 1. The van der Waals surface area contributed by atoms with Crippen LogP contribution in [0.2, 0.25) is 0 Å². The van der Waals surface area contributed by atoms with Crippen molar-refractivity contribution in [3.8, 4) is 0 Å². The van der Waals surface area contributed by atoms with Gasteiger partial charge in [0.2, 0.25) is 0 Å². The Labute approximate surface area is 334 Å². The fourth-order valence-electron chi connectivity index (χ4n) is 5.80. The highest BCUT2D eigenvalue weighted by molar-refractivity contribution is 6.05. The van der Waals surface area contributed by atoms with E-state index < -0.39 is 0 Å². The van der Waals surface area contributed by atoms with Crippen molar-refractivity contribution in [3.05, 3.63) is 130 Å². The predicted octanol–water partition coefficient (Wildman–Crippen LogP) is 12.1. The largest absolute Gasteiger partial charge is 0.321 e. The molecule has 55 heavy (non-hydrogen) atoms. The van der Waals surface area contributed by atoms with Gasteiger partial charge in [-0.1, -0.05) is 169 Å². The zero-order chi connectivity index (χ0) is 40.8. The maximum Gasteiger partial charge on any atom is 0.255 e. The highest BCUT2D eigenvalue weighted by Crippen LogP contribution is 2.36. The smallest absolute Gasteiger partial charge is 0.255 e. The van der Waals surface area contributed by atoms with Crippen LogP contribution in [0.4, 0.5) is 11.4 Å². The van der Waals surface area contributed by atoms with Gasteiger partial charge in [-0.3, -0.25) is 10.0 Å². The van der Waals surface area contributed by atoms with Gasteiger partial charge in [0.15, 0.2) is 5.84 Å². The molecule has 0 aliphatic carbocycles. The summed E-state index contributed by atoms with van der Waals surface area (Å²) in [5.74, 6) is 1.98. The van der Waals surface area contributed by atoms with Crippen molar-refractivity contribution in [1.82, 2.24) is 15.4 Å². The zero-order valence-electron chi connectivity index (χ0n) is 35.3. The van der Waals surface area contributed by atoms with Crippen molar-refractivity contribution in [2.24, 2.45) is 4.99 Å². The normalized spacial score (nSPS) is 10.9. The third-order valence-electron chi connectivity index (χ3n) is 8.89. The first-order chi connectivity index (χ1) is 25.7. The van der Waals surface area contributed by atoms with Crippen LogP contribution in [0.5, 0.6) is 0 Å². The van der Waals surface area contributed by atoms with Gasteiger partial charge >= 0.3 is 0 Å². The summed E-state index contributed by atoms with van der Waals surface area (Å²) >= 11 is 0. The van der Waals surface area contributed by atoms with Gasteiger partial charge in [0.25, 0.3) is 5.91 Å². The molecule has 0 aliphatic rings. The van der Waals surface area contributed by atoms with Crippen molar-refractivity contribution < 1.29 is 15.2 Å². The van der Waals surface area contributed by atoms with Crippen LogP contribution < -0.4 is 10.8 Å². The average molecular weight is 756 g/mol. The first kappa shape index (κ1) is 50.7. The molecule has 1 amide bonds. The van der Waals surface area contributed by atoms with Crippen molar-refractivity contribution in [3.63, 3.8) is 0 Å². The molecule has 0 atom stereocenters. The summed E-state index contributed by atoms with van der Waals surface area (Å²) in [6.45, 7) is 27.4. The number of para-hydroxylation sites is 2. The molecule has 0 saturated carbocycles. The van der Waals surface area contributed by atoms with Crippen molar-refractivity contribution in [1.29, 1.82) is 0 Å². The summed E-state index contributed by atoms with van der Waals surface area (Å²) in [5, 5.41) is 21.6. The molecular weight excluding hydrogens is 683 g/mol. The minimum Gasteiger partial charge on any atom is -0.321 e. The molecule has 304 valence electrons. The number of hydrogen-bond acceptors (Lipinski definition) is 6. The summed E-state index contributed by atoms with van der Waals surface area (Å²) in [6, 6.07) is 31.7. The minimum atomic E-state index is -0.0504. The van der Waals surface area contributed by atoms with Crippen LogP contribution in [0.15, 0.2) is 102 Å². The number of aliphatic imine (C=N–C) groups is 1. The number of nitrogens with one attached hydrogen (secondary N) is 2. The average Bonchev–Trinajstić information content (AvgIpc) is 3.15. The SMILES string of the molecule is C.CC(C)c1cccc(C(C)C)c1N=C(c1ccccc1)N(C)O.CC(C)c1cccc(C(C)C)c1NC(=O)c1ccccc1.CCN(CC)CC.CNO. The summed E-state index contributed by atoms with van der Waals surface area (Å²) < 4.78 is 0. The van der Waals surface area contributed by atoms with Crippen molar-refractivity contribution >= 4 is 23.1 Å². The Kier molecular flexibility index (Phi) is 25.1. The number of rotatable bonds is 11. The number of benzene rings is 4. The van der Waals surface area contributed by atoms with Crippen LogP contribution in [0.1, 0.15) is 145 Å². The molecule has 4 N–H and O–H groups in total. The molecule has 0 saturated heterocycles. The number of carbonyl (C=O) groups excluding carboxylic acids is 1. The first-order valence-corrected chi connectivity index (χ1v) is 19.4. The Morgan fingerprint density at radius 1 is 0.618 bits per heavy atom. The molecular formula is C47H73N5O3. The highest BCUT2D eigenvalue weighted by atomic mass is 16.5. The van der Waals surface area contributed by atoms with E-state index in [1.165, 1.54) is 48.9 Å². The van der Waals surface area contributed by atoms with Gasteiger partial charge in [0, 0.05) is 30.9 Å². The number of nitrogens with zero attached hydrogens (tertiary/aromatic N) is 3. The number of hydroxylamine groups is 3. The van der Waals surface area contributed by atoms with E-state index in [0.29, 0.717) is 35.1 Å². The second kappa shape index (κ2) is 27.3. The molecule has 8 heteroatoms. The van der Waals surface area contributed by atoms with Crippen molar-refractivity contribution in [2.75, 3.05) is 39.0 Å². The Bertz CT molecular complexity index is 1590. The fourth-order valence-corrected chi connectivity index (χ4v) is 5.80. The lowest BCUT2D eigenvalue weighted by molar-refractivity contribution is 0.0143. The quantitative estimate of drug-likeness (QED) is 0.0691. The fraction of sp³-hybridized carbons (Fsp3) is 0.447. The molecule has 0 fully saturated rings. The highest BCUT2D eigenvalue weighted by Gasteiger charge is 2.18. The minimum absolute atomic E-state index is 0. The molecule has 0 aliphatic heterocycles. The van der Waals surface area contributed by atoms with E-state index in [-0.39, 0.29) is 13.3 Å². The van der Waals surface area contributed by atoms with Crippen LogP contribution in [-0.2, 0) is 0 Å². The standard InChI is InChI=1S/C20H26N2O.C19H23NO.C6H15N.CH5NO.CH4/c1-14(2)17-12-9-13-18(15(3)4)19(17)21-20(22(5)23)16-10-7-6-8-11-16;1-13(2)16-11-8-12-17(14(3)4)18(16)20-19(21)15-9-6-5-7-10-15;1-4-7(5-2)6-3;1-2-3;/h6-15,23H,1-5H3;5-14H,1-4H3,(H,20,21);4-6H2,1-3H3;2-3H,1H3;1H4. The predicted molar refractivity (Wildman–Crippen MR) is 237 cm³/mol. The van der Waals surface area contributed by atoms with E-state index in [4.69, 9.17) is 10.2 Å². The molecule has 8 nitrogen and oxygen atoms in total. The zero-order valence-corrected chi connectivity index (χ0v) is 35.3. The van der Waals surface area contributed by atoms with Gasteiger partial charge in [-0.05, 0) is 77.7 Å². The number of hydrogen-bond donors (Lipinski definition) is 4. The molecule has 0 bridgehead atoms. The Morgan fingerprint density at radius 2 is 0.964 bits per heavy atom. The van der Waals surface area contributed by atoms with Gasteiger partial charge in [-0.25, -0.2) is 15.5 Å². The van der Waals surface area contributed by atoms with E-state index in [9.17, 15) is 10.0 Å². The second-order valence-corrected chi connectivity index (χ2v) is 14.2. The Hall–Kier alpha value is -4.34. The van der Waals surface area contributed by atoms with E-state index in [0.717, 1.165) is 22.0 Å². The lowest BCUT2D eigenvalue weighted by atomic mass is 9.92. The van der Waals surface area contributed by atoms with Gasteiger partial charge < -0.3 is 15.4 Å². The van der Waals surface area contributed by atoms with E-state index in [1.807, 2.05) is 60.7 Å². The molecule has 4 rings (SSSR count). The summed E-state index contributed by atoms with van der Waals surface area (Å²) in [4.78, 5) is 19.7. The summed E-state index contributed by atoms with van der Waals surface area (Å²) in [7, 11) is 3.04. The Balaban J connectivity index is 0.000000843. The van der Waals surface area contributed by atoms with E-state index in [1.54, 1.807) is 12.5 Å². The Morgan fingerprint density at radius 3 is 1.27 bits per heavy atom. The molecule has 4 aromatic rings. The first-order valence-electron chi connectivity index (χ1n) is 19.4. The number of carbonyl (C=O) groups is 1. The third-order valence-corrected chi connectivity index (χ3v) is 8.89.